The van der Waals surface area contributed by atoms with Gasteiger partial charge in [0, 0.05) is 23.4 Å². The van der Waals surface area contributed by atoms with E-state index in [0.29, 0.717) is 17.2 Å². The average molecular weight is 432 g/mol. The van der Waals surface area contributed by atoms with Gasteiger partial charge in [0.2, 0.25) is 0 Å². The fourth-order valence-electron chi connectivity index (χ4n) is 3.26. The first kappa shape index (κ1) is 20.6. The van der Waals surface area contributed by atoms with Crippen LogP contribution in [0.15, 0.2) is 67.1 Å². The topological polar surface area (TPSA) is 87.0 Å². The van der Waals surface area contributed by atoms with Crippen LogP contribution < -0.4 is 0 Å². The Morgan fingerprint density at radius 3 is 2.19 bits per heavy atom. The Morgan fingerprint density at radius 2 is 1.65 bits per heavy atom. The summed E-state index contributed by atoms with van der Waals surface area (Å²) in [5, 5.41) is 26.3. The lowest BCUT2D eigenvalue weighted by Gasteiger charge is -2.36. The average Bonchev–Trinajstić information content (AvgIpc) is 2.71. The normalized spacial score (nSPS) is 13.8. The van der Waals surface area contributed by atoms with Crippen molar-refractivity contribution in [2.24, 2.45) is 0 Å². The van der Waals surface area contributed by atoms with Crippen molar-refractivity contribution < 1.29 is 27.8 Å². The van der Waals surface area contributed by atoms with E-state index >= 15 is 8.78 Å². The molecule has 2 heterocycles. The number of pyridine rings is 1. The second kappa shape index (κ2) is 7.55. The third-order valence-corrected chi connectivity index (χ3v) is 4.96. The van der Waals surface area contributed by atoms with Crippen LogP contribution in [0.4, 0.5) is 17.6 Å². The highest BCUT2D eigenvalue weighted by Crippen LogP contribution is 2.46. The van der Waals surface area contributed by atoms with Crippen molar-refractivity contribution in [2.45, 2.75) is 18.1 Å². The number of aliphatic hydroxyl groups is 1. The highest BCUT2D eigenvalue weighted by molar-refractivity contribution is 5.63. The molecule has 0 spiro atoms. The third kappa shape index (κ3) is 3.66. The molecule has 4 rings (SSSR count). The molecule has 160 valence electrons. The number of phenolic OH excluding ortho intramolecular Hbond substituents is 1. The molecule has 10 heteroatoms. The molecular formula is C21H16F4N4O2. The molecule has 0 aliphatic rings. The predicted molar refractivity (Wildman–Crippen MR) is 102 cm³/mol. The molecule has 2 aromatic carbocycles. The van der Waals surface area contributed by atoms with Crippen LogP contribution in [0.1, 0.15) is 11.3 Å². The Balaban J connectivity index is 1.76. The number of halogens is 4. The van der Waals surface area contributed by atoms with E-state index < -0.39 is 41.0 Å². The van der Waals surface area contributed by atoms with Gasteiger partial charge in [0.1, 0.15) is 29.4 Å². The van der Waals surface area contributed by atoms with Crippen LogP contribution >= 0.6 is 0 Å². The Bertz CT molecular complexity index is 1180. The largest absolute Gasteiger partial charge is 0.508 e. The van der Waals surface area contributed by atoms with E-state index in [1.165, 1.54) is 24.4 Å². The Hall–Kier alpha value is -3.66. The van der Waals surface area contributed by atoms with Gasteiger partial charge < -0.3 is 10.2 Å². The third-order valence-electron chi connectivity index (χ3n) is 4.96. The summed E-state index contributed by atoms with van der Waals surface area (Å²) in [5.74, 6) is -6.30. The van der Waals surface area contributed by atoms with Gasteiger partial charge in [-0.05, 0) is 35.9 Å². The molecule has 0 aliphatic carbocycles. The lowest BCUT2D eigenvalue weighted by Crippen LogP contribution is -2.48. The summed E-state index contributed by atoms with van der Waals surface area (Å²) >= 11 is 0. The standard InChI is InChI=1S/C21H16F4N4O2/c22-15-4-7-17(18(23)9-15)20(31,11-29-12-27-28-29)21(24,25)19-8-3-14(10-26-19)13-1-5-16(30)6-2-13/h1-10,12,28,30-31H,11H2. The molecule has 1 atom stereocenters. The maximum Gasteiger partial charge on any atom is 0.323 e. The van der Waals surface area contributed by atoms with Crippen molar-refractivity contribution in [2.75, 3.05) is 0 Å². The maximum absolute atomic E-state index is 15.6. The van der Waals surface area contributed by atoms with Gasteiger partial charge in [-0.1, -0.05) is 18.2 Å². The summed E-state index contributed by atoms with van der Waals surface area (Å²) in [6.45, 7) is -0.784. The van der Waals surface area contributed by atoms with E-state index in [2.05, 4.69) is 15.3 Å². The second-order valence-corrected chi connectivity index (χ2v) is 7.01. The van der Waals surface area contributed by atoms with Crippen molar-refractivity contribution >= 4 is 0 Å². The zero-order valence-corrected chi connectivity index (χ0v) is 15.8. The zero-order valence-electron chi connectivity index (χ0n) is 15.8. The highest BCUT2D eigenvalue weighted by Gasteiger charge is 2.57. The molecule has 2 aromatic heterocycles. The van der Waals surface area contributed by atoms with Gasteiger partial charge in [-0.2, -0.15) is 8.78 Å². The summed E-state index contributed by atoms with van der Waals surface area (Å²) < 4.78 is 60.0. The lowest BCUT2D eigenvalue weighted by molar-refractivity contribution is -0.208. The molecule has 3 N–H and O–H groups in total. The van der Waals surface area contributed by atoms with Crippen LogP contribution in [0.25, 0.3) is 11.1 Å². The number of nitrogens with one attached hydrogen (secondary N) is 1. The highest BCUT2D eigenvalue weighted by atomic mass is 19.3. The van der Waals surface area contributed by atoms with E-state index in [1.54, 1.807) is 12.1 Å². The number of hydrogen-bond acceptors (Lipinski definition) is 4. The van der Waals surface area contributed by atoms with Crippen molar-refractivity contribution in [3.05, 3.63) is 90.0 Å². The minimum atomic E-state index is -4.07. The summed E-state index contributed by atoms with van der Waals surface area (Å²) in [4.78, 5) is 3.80. The summed E-state index contributed by atoms with van der Waals surface area (Å²) in [6.07, 6.45) is 2.32. The maximum atomic E-state index is 15.6. The zero-order chi connectivity index (χ0) is 22.2. The van der Waals surface area contributed by atoms with Crippen molar-refractivity contribution in [1.82, 2.24) is 20.0 Å². The van der Waals surface area contributed by atoms with Gasteiger partial charge in [-0.25, -0.2) is 14.0 Å². The van der Waals surface area contributed by atoms with Crippen LogP contribution in [-0.2, 0) is 18.1 Å². The number of alkyl halides is 2. The SMILES string of the molecule is Oc1ccc(-c2ccc(C(F)(F)C(O)(Cn3cn[nH]3)c3ccc(F)cc3F)nc2)cc1. The van der Waals surface area contributed by atoms with Gasteiger partial charge in [0.25, 0.3) is 0 Å². The second-order valence-electron chi connectivity index (χ2n) is 7.01. The molecule has 0 amide bonds. The number of aromatic hydroxyl groups is 1. The van der Waals surface area contributed by atoms with Crippen LogP contribution in [0.2, 0.25) is 0 Å². The number of phenols is 1. The quantitative estimate of drug-likeness (QED) is 0.403. The van der Waals surface area contributed by atoms with E-state index in [9.17, 15) is 19.0 Å². The number of rotatable bonds is 6. The van der Waals surface area contributed by atoms with Gasteiger partial charge in [0.05, 0.1) is 6.54 Å². The first-order valence-electron chi connectivity index (χ1n) is 9.08. The van der Waals surface area contributed by atoms with Gasteiger partial charge in [-0.15, -0.1) is 5.10 Å². The Morgan fingerprint density at radius 1 is 0.968 bits per heavy atom. The molecular weight excluding hydrogens is 416 g/mol. The van der Waals surface area contributed by atoms with Crippen LogP contribution in [0.5, 0.6) is 5.75 Å². The van der Waals surface area contributed by atoms with Gasteiger partial charge in [0.15, 0.2) is 5.60 Å². The number of hydrogen-bond donors (Lipinski definition) is 3. The van der Waals surface area contributed by atoms with Gasteiger partial charge >= 0.3 is 5.92 Å². The Kier molecular flexibility index (Phi) is 5.02. The molecule has 0 aliphatic heterocycles. The van der Waals surface area contributed by atoms with Crippen molar-refractivity contribution in [3.8, 4) is 16.9 Å². The van der Waals surface area contributed by atoms with E-state index in [1.807, 2.05) is 0 Å². The van der Waals surface area contributed by atoms with Crippen LogP contribution in [0, 0.1) is 11.6 Å². The Labute approximate surface area is 173 Å². The molecule has 0 fully saturated rings. The molecule has 0 radical (unpaired) electrons. The molecule has 6 nitrogen and oxygen atoms in total. The fourth-order valence-corrected chi connectivity index (χ4v) is 3.26. The number of aromatic nitrogens is 4. The predicted octanol–water partition coefficient (Wildman–Crippen LogP) is 3.94. The monoisotopic (exact) mass is 432 g/mol. The summed E-state index contributed by atoms with van der Waals surface area (Å²) in [5.41, 5.74) is -3.57. The molecule has 31 heavy (non-hydrogen) atoms. The van der Waals surface area contributed by atoms with E-state index in [4.69, 9.17) is 0 Å². The minimum Gasteiger partial charge on any atom is -0.508 e. The number of aromatic amines is 1. The first-order valence-corrected chi connectivity index (χ1v) is 9.08. The molecule has 4 aromatic rings. The van der Waals surface area contributed by atoms with Crippen molar-refractivity contribution in [3.63, 3.8) is 0 Å². The molecule has 1 unspecified atom stereocenters. The van der Waals surface area contributed by atoms with E-state index in [0.717, 1.165) is 29.2 Å². The number of nitrogens with zero attached hydrogens (tertiary/aromatic N) is 3. The summed E-state index contributed by atoms with van der Waals surface area (Å²) in [7, 11) is 0. The van der Waals surface area contributed by atoms with Crippen LogP contribution in [0.3, 0.4) is 0 Å². The summed E-state index contributed by atoms with van der Waals surface area (Å²) in [6, 6.07) is 10.4. The number of H-pyrrole nitrogens is 1. The molecule has 0 saturated carbocycles. The van der Waals surface area contributed by atoms with E-state index in [-0.39, 0.29) is 5.75 Å². The lowest BCUT2D eigenvalue weighted by atomic mass is 9.84. The molecule has 0 saturated heterocycles. The smallest absolute Gasteiger partial charge is 0.323 e. The van der Waals surface area contributed by atoms with Crippen molar-refractivity contribution in [1.29, 1.82) is 0 Å². The van der Waals surface area contributed by atoms with Crippen LogP contribution in [-0.4, -0.2) is 30.2 Å². The number of benzene rings is 2. The van der Waals surface area contributed by atoms with Gasteiger partial charge in [-0.3, -0.25) is 9.67 Å². The molecule has 0 bridgehead atoms. The fraction of sp³-hybridized carbons (Fsp3) is 0.143. The minimum absolute atomic E-state index is 0.0504. The first-order chi connectivity index (χ1) is 14.7.